The fraction of sp³-hybridized carbons (Fsp3) is 0.394. The minimum absolute atomic E-state index is 0. The predicted octanol–water partition coefficient (Wildman–Crippen LogP) is 2.83. The molecule has 0 atom stereocenters. The zero-order chi connectivity index (χ0) is 28.5. The number of anilines is 1. The van der Waals surface area contributed by atoms with Crippen LogP contribution in [0.3, 0.4) is 0 Å². The van der Waals surface area contributed by atoms with Crippen LogP contribution in [0.25, 0.3) is 0 Å². The van der Waals surface area contributed by atoms with Crippen LogP contribution in [0.15, 0.2) is 77.2 Å². The third-order valence-corrected chi connectivity index (χ3v) is 8.78. The van der Waals surface area contributed by atoms with E-state index < -0.39 is 5.41 Å². The lowest BCUT2D eigenvalue weighted by molar-refractivity contribution is -0.870. The molecule has 0 spiro atoms. The minimum atomic E-state index is -0.395. The second-order valence-corrected chi connectivity index (χ2v) is 13.5. The maximum Gasteiger partial charge on any atom is 0.209 e. The van der Waals surface area contributed by atoms with E-state index in [9.17, 15) is 9.90 Å². The molecule has 2 aromatic rings. The fourth-order valence-electron chi connectivity index (χ4n) is 6.28. The van der Waals surface area contributed by atoms with Crippen molar-refractivity contribution in [3.63, 3.8) is 0 Å². The Balaban J connectivity index is 0.00000231. The largest absolute Gasteiger partial charge is 1.00 e. The summed E-state index contributed by atoms with van der Waals surface area (Å²) >= 11 is 6.40. The van der Waals surface area contributed by atoms with E-state index in [-0.39, 0.29) is 69.1 Å². The van der Waals surface area contributed by atoms with Gasteiger partial charge in [-0.05, 0) is 43.7 Å². The molecule has 2 heterocycles. The summed E-state index contributed by atoms with van der Waals surface area (Å²) in [4.78, 5) is 15.8. The van der Waals surface area contributed by atoms with Gasteiger partial charge in [0.1, 0.15) is 7.05 Å². The SMILES string of the molecule is Br.C[N+]1=C(/C=C2\C(=O)C(/C=C3/N(CCC[N+](C)(C)C)c4ccc(Cl)cc4C3(C)C)=C2[O-])C(C)(C)c2ccccc21.[I-]. The van der Waals surface area contributed by atoms with E-state index in [1.165, 1.54) is 5.56 Å². The third kappa shape index (κ3) is 5.71. The highest BCUT2D eigenvalue weighted by Crippen LogP contribution is 2.50. The van der Waals surface area contributed by atoms with Gasteiger partial charge in [0.2, 0.25) is 5.69 Å². The van der Waals surface area contributed by atoms with Gasteiger partial charge in [0.25, 0.3) is 0 Å². The number of carbonyl (C=O) groups excluding carboxylic acids is 1. The van der Waals surface area contributed by atoms with Gasteiger partial charge in [0.05, 0.1) is 33.1 Å². The number of ketones is 1. The Bertz CT molecular complexity index is 1530. The maximum absolute atomic E-state index is 13.5. The summed E-state index contributed by atoms with van der Waals surface area (Å²) in [6.45, 7) is 10.4. The molecular weight excluding hydrogens is 713 g/mol. The fourth-order valence-corrected chi connectivity index (χ4v) is 6.45. The second kappa shape index (κ2) is 11.6. The van der Waals surface area contributed by atoms with E-state index >= 15 is 0 Å². The molecule has 5 nitrogen and oxygen atoms in total. The molecule has 0 aromatic heterocycles. The maximum atomic E-state index is 13.5. The molecule has 0 bridgehead atoms. The second-order valence-electron chi connectivity index (χ2n) is 13.1. The van der Waals surface area contributed by atoms with E-state index in [1.807, 2.05) is 37.4 Å². The molecule has 3 aliphatic rings. The molecule has 2 aromatic carbocycles. The molecule has 2 aliphatic heterocycles. The first-order valence-electron chi connectivity index (χ1n) is 13.6. The van der Waals surface area contributed by atoms with Gasteiger partial charge < -0.3 is 38.5 Å². The highest BCUT2D eigenvalue weighted by molar-refractivity contribution is 8.93. The van der Waals surface area contributed by atoms with E-state index in [0.29, 0.717) is 5.02 Å². The lowest BCUT2D eigenvalue weighted by Gasteiger charge is -2.33. The molecule has 0 radical (unpaired) electrons. The molecule has 8 heteroatoms. The molecule has 0 unspecified atom stereocenters. The van der Waals surface area contributed by atoms with Crippen LogP contribution in [0.5, 0.6) is 0 Å². The van der Waals surface area contributed by atoms with Crippen LogP contribution in [0.1, 0.15) is 45.2 Å². The normalized spacial score (nSPS) is 20.6. The average Bonchev–Trinajstić information content (AvgIpc) is 3.18. The van der Waals surface area contributed by atoms with Gasteiger partial charge in [-0.15, -0.1) is 17.0 Å². The van der Waals surface area contributed by atoms with Crippen molar-refractivity contribution in [1.29, 1.82) is 0 Å². The van der Waals surface area contributed by atoms with Crippen molar-refractivity contribution in [3.8, 4) is 0 Å². The standard InChI is InChI=1S/C33H39ClN3O2.BrH.HI/c1-32(2)24-12-9-10-13-26(24)35(5)28(32)19-22-30(38)23(31(22)39)20-29-33(3,4)25-18-21(34)14-15-27(25)36(29)16-11-17-37(6,7)8;;/h9-10,12-15,18-20H,11,16-17H2,1-8H3;2*1H/q+1;;/p-1. The number of fused-ring (bicyclic) bond motifs is 2. The van der Waals surface area contributed by atoms with Gasteiger partial charge in [-0.2, -0.15) is 4.58 Å². The number of halogens is 3. The topological polar surface area (TPSA) is 46.4 Å². The van der Waals surface area contributed by atoms with Gasteiger partial charge in [-0.25, -0.2) is 0 Å². The Morgan fingerprint density at radius 3 is 2.27 bits per heavy atom. The van der Waals surface area contributed by atoms with E-state index in [4.69, 9.17) is 11.6 Å². The van der Waals surface area contributed by atoms with Crippen LogP contribution in [0.2, 0.25) is 5.02 Å². The number of quaternary nitrogens is 1. The lowest BCUT2D eigenvalue weighted by atomic mass is 9.77. The van der Waals surface area contributed by atoms with Crippen LogP contribution in [-0.2, 0) is 15.6 Å². The Hall–Kier alpha value is -1.94. The summed E-state index contributed by atoms with van der Waals surface area (Å²) in [5, 5.41) is 14.2. The summed E-state index contributed by atoms with van der Waals surface area (Å²) < 4.78 is 2.97. The summed E-state index contributed by atoms with van der Waals surface area (Å²) in [6.07, 6.45) is 4.62. The molecule has 0 saturated carbocycles. The summed E-state index contributed by atoms with van der Waals surface area (Å²) in [5.74, 6) is -0.368. The molecule has 1 aliphatic carbocycles. The number of hydrogen-bond acceptors (Lipinski definition) is 3. The molecule has 220 valence electrons. The number of allylic oxidation sites excluding steroid dienone is 5. The zero-order valence-corrected chi connectivity index (χ0v) is 29.8. The van der Waals surface area contributed by atoms with Crippen LogP contribution in [0.4, 0.5) is 11.4 Å². The van der Waals surface area contributed by atoms with Crippen molar-refractivity contribution >= 4 is 51.5 Å². The number of hydrogen-bond donors (Lipinski definition) is 0. The van der Waals surface area contributed by atoms with Crippen LogP contribution in [-0.4, -0.2) is 61.8 Å². The number of carbonyl (C=O) groups is 1. The van der Waals surface area contributed by atoms with Gasteiger partial charge in [-0.1, -0.05) is 49.4 Å². The lowest BCUT2D eigenvalue weighted by Crippen LogP contribution is -3.00. The smallest absolute Gasteiger partial charge is 0.209 e. The number of benzene rings is 2. The zero-order valence-electron chi connectivity index (χ0n) is 25.1. The first-order valence-corrected chi connectivity index (χ1v) is 14.0. The summed E-state index contributed by atoms with van der Waals surface area (Å²) in [5.41, 5.74) is 6.26. The van der Waals surface area contributed by atoms with Crippen molar-refractivity contribution in [2.24, 2.45) is 0 Å². The Morgan fingerprint density at radius 2 is 1.66 bits per heavy atom. The number of para-hydroxylation sites is 1. The molecular formula is C33H40BrClIN3O2. The molecule has 0 amide bonds. The van der Waals surface area contributed by atoms with Crippen molar-refractivity contribution in [1.82, 2.24) is 0 Å². The van der Waals surface area contributed by atoms with E-state index in [1.54, 1.807) is 6.08 Å². The predicted molar refractivity (Wildman–Crippen MR) is 168 cm³/mol. The monoisotopic (exact) mass is 751 g/mol. The van der Waals surface area contributed by atoms with Crippen LogP contribution >= 0.6 is 28.6 Å². The Kier molecular flexibility index (Phi) is 9.51. The minimum Gasteiger partial charge on any atom is -1.00 e. The van der Waals surface area contributed by atoms with Crippen molar-refractivity contribution in [3.05, 3.63) is 93.4 Å². The van der Waals surface area contributed by atoms with E-state index in [2.05, 4.69) is 76.5 Å². The van der Waals surface area contributed by atoms with Gasteiger partial charge >= 0.3 is 0 Å². The number of Topliss-reactive ketones (excluding diaryl/α,β-unsaturated/α-hetero) is 1. The Labute approximate surface area is 277 Å². The van der Waals surface area contributed by atoms with Gasteiger partial charge in [-0.3, -0.25) is 4.79 Å². The van der Waals surface area contributed by atoms with E-state index in [0.717, 1.165) is 52.3 Å². The third-order valence-electron chi connectivity index (χ3n) is 8.55. The first-order chi connectivity index (χ1) is 18.1. The molecule has 5 rings (SSSR count). The van der Waals surface area contributed by atoms with Gasteiger partial charge in [0.15, 0.2) is 11.5 Å². The van der Waals surface area contributed by atoms with Crippen LogP contribution < -0.4 is 34.0 Å². The molecule has 0 fully saturated rings. The average molecular weight is 753 g/mol. The van der Waals surface area contributed by atoms with Crippen LogP contribution in [0, 0.1) is 0 Å². The quantitative estimate of drug-likeness (QED) is 0.198. The molecule has 41 heavy (non-hydrogen) atoms. The number of nitrogens with zero attached hydrogens (tertiary/aromatic N) is 3. The first kappa shape index (κ1) is 33.6. The highest BCUT2D eigenvalue weighted by atomic mass is 127. The summed E-state index contributed by atoms with van der Waals surface area (Å²) in [7, 11) is 8.56. The van der Waals surface area contributed by atoms with Crippen molar-refractivity contribution < 1.29 is 42.9 Å². The Morgan fingerprint density at radius 1 is 1.00 bits per heavy atom. The van der Waals surface area contributed by atoms with Crippen molar-refractivity contribution in [2.75, 3.05) is 46.2 Å². The highest BCUT2D eigenvalue weighted by Gasteiger charge is 2.45. The van der Waals surface area contributed by atoms with Crippen molar-refractivity contribution in [2.45, 2.75) is 44.9 Å². The van der Waals surface area contributed by atoms with Gasteiger partial charge in [0, 0.05) is 63.6 Å². The number of rotatable bonds is 6. The summed E-state index contributed by atoms with van der Waals surface area (Å²) in [6, 6.07) is 14.2. The molecule has 0 N–H and O–H groups in total. The molecule has 0 saturated heterocycles.